The Hall–Kier alpha value is -0.540. The van der Waals surface area contributed by atoms with E-state index >= 15 is 0 Å². The number of rotatable bonds is 4. The zero-order valence-corrected chi connectivity index (χ0v) is 7.61. The van der Waals surface area contributed by atoms with E-state index in [0.717, 1.165) is 12.5 Å². The summed E-state index contributed by atoms with van der Waals surface area (Å²) in [4.78, 5) is 10.6. The molecule has 0 aliphatic rings. The molecule has 1 atom stereocenters. The molecule has 1 unspecified atom stereocenters. The summed E-state index contributed by atoms with van der Waals surface area (Å²) in [6.07, 6.45) is 1.72. The molecule has 0 aliphatic heterocycles. The first-order chi connectivity index (χ1) is 4.74. The van der Waals surface area contributed by atoms with E-state index in [1.807, 2.05) is 6.92 Å². The molecular formula is C7H14ClNO2. The molecule has 4 heteroatoms. The fourth-order valence-electron chi connectivity index (χ4n) is 0.535. The predicted molar refractivity (Wildman–Crippen MR) is 46.7 cm³/mol. The van der Waals surface area contributed by atoms with Gasteiger partial charge >= 0.3 is 5.97 Å². The summed E-state index contributed by atoms with van der Waals surface area (Å²) in [5.74, 6) is -0.388. The molecule has 0 aromatic carbocycles. The lowest BCUT2D eigenvalue weighted by Gasteiger charge is -2.12. The molecule has 0 saturated carbocycles. The second-order valence-corrected chi connectivity index (χ2v) is 1.83. The average molecular weight is 180 g/mol. The quantitative estimate of drug-likeness (QED) is 0.399. The third-order valence-corrected chi connectivity index (χ3v) is 1.12. The van der Waals surface area contributed by atoms with Crippen molar-refractivity contribution in [1.29, 1.82) is 0 Å². The maximum atomic E-state index is 10.6. The fraction of sp³-hybridized carbons (Fsp3) is 0.571. The molecule has 0 rings (SSSR count). The number of esters is 1. The molecule has 3 nitrogen and oxygen atoms in total. The second-order valence-electron chi connectivity index (χ2n) is 1.83. The van der Waals surface area contributed by atoms with E-state index in [0.29, 0.717) is 0 Å². The number of carbonyl (C=O) groups excluding carboxylic acids is 1. The highest BCUT2D eigenvalue weighted by Gasteiger charge is 2.05. The van der Waals surface area contributed by atoms with Crippen molar-refractivity contribution in [1.82, 2.24) is 5.32 Å². The van der Waals surface area contributed by atoms with Crippen LogP contribution < -0.4 is 5.32 Å². The zero-order valence-electron chi connectivity index (χ0n) is 6.79. The van der Waals surface area contributed by atoms with Crippen LogP contribution in [0.3, 0.4) is 0 Å². The molecule has 0 amide bonds. The molecule has 66 valence electrons. The largest absolute Gasteiger partial charge is 0.443 e. The Morgan fingerprint density at radius 1 is 1.82 bits per heavy atom. The zero-order chi connectivity index (χ0) is 7.98. The van der Waals surface area contributed by atoms with Crippen LogP contribution in [-0.2, 0) is 9.53 Å². The van der Waals surface area contributed by atoms with Crippen LogP contribution in [-0.4, -0.2) is 19.2 Å². The van der Waals surface area contributed by atoms with E-state index in [4.69, 9.17) is 4.74 Å². The van der Waals surface area contributed by atoms with Crippen molar-refractivity contribution in [3.63, 3.8) is 0 Å². The highest BCUT2D eigenvalue weighted by Crippen LogP contribution is 1.92. The van der Waals surface area contributed by atoms with Crippen LogP contribution in [0, 0.1) is 0 Å². The van der Waals surface area contributed by atoms with E-state index in [1.165, 1.54) is 0 Å². The van der Waals surface area contributed by atoms with E-state index in [2.05, 4.69) is 11.9 Å². The summed E-state index contributed by atoms with van der Waals surface area (Å²) in [6, 6.07) is 0. The van der Waals surface area contributed by atoms with Crippen LogP contribution in [0.2, 0.25) is 0 Å². The smallest absolute Gasteiger partial charge is 0.331 e. The molecule has 1 N–H and O–H groups in total. The maximum Gasteiger partial charge on any atom is 0.331 e. The first-order valence-electron chi connectivity index (χ1n) is 3.24. The molecule has 0 bridgehead atoms. The Kier molecular flexibility index (Phi) is 9.00. The first-order valence-corrected chi connectivity index (χ1v) is 3.24. The first kappa shape index (κ1) is 13.1. The molecule has 0 aromatic rings. The third kappa shape index (κ3) is 5.88. The van der Waals surface area contributed by atoms with E-state index < -0.39 is 0 Å². The van der Waals surface area contributed by atoms with Gasteiger partial charge in [0.25, 0.3) is 0 Å². The lowest BCUT2D eigenvalue weighted by atomic mass is 10.4. The molecular weight excluding hydrogens is 166 g/mol. The molecule has 0 spiro atoms. The highest BCUT2D eigenvalue weighted by atomic mass is 35.5. The molecule has 0 fully saturated rings. The molecule has 0 saturated heterocycles. The monoisotopic (exact) mass is 179 g/mol. The van der Waals surface area contributed by atoms with Crippen molar-refractivity contribution in [3.05, 3.63) is 12.7 Å². The van der Waals surface area contributed by atoms with Crippen LogP contribution in [0.5, 0.6) is 0 Å². The van der Waals surface area contributed by atoms with Crippen molar-refractivity contribution < 1.29 is 9.53 Å². The standard InChI is InChI=1S/C7H13NO2.ClH/c1-4-6(8-3)10-7(9)5-2;/h5-6,8H,2,4H2,1,3H3;1H. The topological polar surface area (TPSA) is 38.3 Å². The predicted octanol–water partition coefficient (Wildman–Crippen LogP) is 1.09. The van der Waals surface area contributed by atoms with Crippen molar-refractivity contribution in [3.8, 4) is 0 Å². The van der Waals surface area contributed by atoms with Gasteiger partial charge in [0, 0.05) is 6.08 Å². The van der Waals surface area contributed by atoms with E-state index in [9.17, 15) is 4.79 Å². The lowest BCUT2D eigenvalue weighted by Crippen LogP contribution is -2.29. The maximum absolute atomic E-state index is 10.6. The number of hydrogen-bond donors (Lipinski definition) is 1. The summed E-state index contributed by atoms with van der Waals surface area (Å²) >= 11 is 0. The van der Waals surface area contributed by atoms with Crippen LogP contribution in [0.25, 0.3) is 0 Å². The van der Waals surface area contributed by atoms with Gasteiger partial charge in [-0.2, -0.15) is 0 Å². The summed E-state index contributed by atoms with van der Waals surface area (Å²) < 4.78 is 4.83. The van der Waals surface area contributed by atoms with Gasteiger partial charge in [-0.3, -0.25) is 5.32 Å². The summed E-state index contributed by atoms with van der Waals surface area (Å²) in [5.41, 5.74) is 0. The molecule has 0 aliphatic carbocycles. The van der Waals surface area contributed by atoms with Gasteiger partial charge < -0.3 is 4.74 Å². The van der Waals surface area contributed by atoms with Crippen molar-refractivity contribution in [2.24, 2.45) is 0 Å². The third-order valence-electron chi connectivity index (χ3n) is 1.12. The molecule has 0 radical (unpaired) electrons. The van der Waals surface area contributed by atoms with Crippen molar-refractivity contribution >= 4 is 18.4 Å². The van der Waals surface area contributed by atoms with E-state index in [-0.39, 0.29) is 24.6 Å². The average Bonchev–Trinajstić information content (AvgIpc) is 1.99. The Labute approximate surface area is 73.2 Å². The van der Waals surface area contributed by atoms with Crippen LogP contribution in [0.15, 0.2) is 12.7 Å². The second kappa shape index (κ2) is 7.57. The molecule has 11 heavy (non-hydrogen) atoms. The summed E-state index contributed by atoms with van der Waals surface area (Å²) in [6.45, 7) is 5.21. The number of ether oxygens (including phenoxy) is 1. The van der Waals surface area contributed by atoms with Gasteiger partial charge in [-0.15, -0.1) is 12.4 Å². The Morgan fingerprint density at radius 3 is 2.64 bits per heavy atom. The normalized spacial score (nSPS) is 11.1. The number of carbonyl (C=O) groups is 1. The Bertz CT molecular complexity index is 124. The van der Waals surface area contributed by atoms with Crippen molar-refractivity contribution in [2.45, 2.75) is 19.6 Å². The van der Waals surface area contributed by atoms with Crippen LogP contribution in [0.4, 0.5) is 0 Å². The minimum atomic E-state index is -0.388. The van der Waals surface area contributed by atoms with Crippen molar-refractivity contribution in [2.75, 3.05) is 7.05 Å². The van der Waals surface area contributed by atoms with Crippen LogP contribution >= 0.6 is 12.4 Å². The van der Waals surface area contributed by atoms with Gasteiger partial charge in [0.1, 0.15) is 0 Å². The Balaban J connectivity index is 0. The number of halogens is 1. The highest BCUT2D eigenvalue weighted by molar-refractivity contribution is 5.85. The lowest BCUT2D eigenvalue weighted by molar-refractivity contribution is -0.144. The minimum Gasteiger partial charge on any atom is -0.443 e. The summed E-state index contributed by atoms with van der Waals surface area (Å²) in [5, 5.41) is 2.83. The summed E-state index contributed by atoms with van der Waals surface area (Å²) in [7, 11) is 1.74. The van der Waals surface area contributed by atoms with Gasteiger partial charge in [-0.1, -0.05) is 13.5 Å². The number of nitrogens with one attached hydrogen (secondary N) is 1. The van der Waals surface area contributed by atoms with E-state index in [1.54, 1.807) is 7.05 Å². The van der Waals surface area contributed by atoms with Gasteiger partial charge in [0.2, 0.25) is 0 Å². The number of hydrogen-bond acceptors (Lipinski definition) is 3. The minimum absolute atomic E-state index is 0. The van der Waals surface area contributed by atoms with Gasteiger partial charge in [0.05, 0.1) is 0 Å². The van der Waals surface area contributed by atoms with Crippen LogP contribution in [0.1, 0.15) is 13.3 Å². The van der Waals surface area contributed by atoms with Gasteiger partial charge in [-0.25, -0.2) is 4.79 Å². The molecule has 0 heterocycles. The molecule has 0 aromatic heterocycles. The van der Waals surface area contributed by atoms with Gasteiger partial charge in [0.15, 0.2) is 6.23 Å². The fourth-order valence-corrected chi connectivity index (χ4v) is 0.535. The Morgan fingerprint density at radius 2 is 2.36 bits per heavy atom. The SMILES string of the molecule is C=CC(=O)OC(CC)NC.Cl. The van der Waals surface area contributed by atoms with Gasteiger partial charge in [-0.05, 0) is 13.5 Å².